The summed E-state index contributed by atoms with van der Waals surface area (Å²) in [5, 5.41) is 0. The molecule has 0 spiro atoms. The Kier molecular flexibility index (Phi) is 3.63. The van der Waals surface area contributed by atoms with Crippen LogP contribution in [0, 0.1) is 0 Å². The topological polar surface area (TPSA) is 23.6 Å². The number of carbonyl (C=O) groups is 1. The molecule has 4 heteroatoms. The minimum Gasteiger partial charge on any atom is -0.364 e. The first-order valence-corrected chi connectivity index (χ1v) is 9.95. The predicted octanol–water partition coefficient (Wildman–Crippen LogP) is 4.62. The maximum absolute atomic E-state index is 12.5. The number of rotatable bonds is 2. The molecule has 1 saturated heterocycles. The van der Waals surface area contributed by atoms with Crippen molar-refractivity contribution in [2.45, 2.75) is 37.8 Å². The summed E-state index contributed by atoms with van der Waals surface area (Å²) in [5.41, 5.74) is 5.54. The summed E-state index contributed by atoms with van der Waals surface area (Å²) in [6, 6.07) is 15.9. The van der Waals surface area contributed by atoms with Crippen molar-refractivity contribution in [2.75, 3.05) is 18.0 Å². The van der Waals surface area contributed by atoms with Crippen LogP contribution in [0.15, 0.2) is 46.9 Å². The number of anilines is 1. The molecule has 0 aromatic heterocycles. The smallest absolute Gasteiger partial charge is 0.223 e. The highest BCUT2D eigenvalue weighted by Gasteiger charge is 2.41. The van der Waals surface area contributed by atoms with Gasteiger partial charge in [0.2, 0.25) is 5.91 Å². The molecule has 2 atom stereocenters. The number of likely N-dealkylation sites (tertiary alicyclic amines) is 1. The minimum absolute atomic E-state index is 0.216. The van der Waals surface area contributed by atoms with Crippen molar-refractivity contribution in [3.05, 3.63) is 63.6 Å². The molecule has 25 heavy (non-hydrogen) atoms. The van der Waals surface area contributed by atoms with Gasteiger partial charge >= 0.3 is 0 Å². The molecule has 0 radical (unpaired) electrons. The summed E-state index contributed by atoms with van der Waals surface area (Å²) >= 11 is 3.54. The zero-order valence-electron chi connectivity index (χ0n) is 14.1. The predicted molar refractivity (Wildman–Crippen MR) is 103 cm³/mol. The highest BCUT2D eigenvalue weighted by molar-refractivity contribution is 9.10. The van der Waals surface area contributed by atoms with Crippen molar-refractivity contribution in [1.29, 1.82) is 0 Å². The first-order chi connectivity index (χ1) is 12.2. The number of hydrogen-bond acceptors (Lipinski definition) is 2. The fourth-order valence-electron chi connectivity index (χ4n) is 4.86. The SMILES string of the molecule is O=C1CCCN1C1CC(c2ccc(Br)cc2)N2CCc3cccc1c32. The van der Waals surface area contributed by atoms with Crippen LogP contribution in [-0.4, -0.2) is 23.9 Å². The van der Waals surface area contributed by atoms with E-state index in [4.69, 9.17) is 0 Å². The highest BCUT2D eigenvalue weighted by atomic mass is 79.9. The molecule has 2 unspecified atom stereocenters. The van der Waals surface area contributed by atoms with Gasteiger partial charge in [0.1, 0.15) is 0 Å². The first kappa shape index (κ1) is 15.4. The number of hydrogen-bond donors (Lipinski definition) is 0. The van der Waals surface area contributed by atoms with Crippen molar-refractivity contribution in [1.82, 2.24) is 4.90 Å². The Balaban J connectivity index is 1.62. The average molecular weight is 397 g/mol. The van der Waals surface area contributed by atoms with E-state index >= 15 is 0 Å². The van der Waals surface area contributed by atoms with Gasteiger partial charge in [-0.05, 0) is 48.1 Å². The first-order valence-electron chi connectivity index (χ1n) is 9.16. The molecule has 0 N–H and O–H groups in total. The van der Waals surface area contributed by atoms with Crippen LogP contribution in [0.1, 0.15) is 48.0 Å². The van der Waals surface area contributed by atoms with E-state index in [1.54, 1.807) is 0 Å². The standard InChI is InChI=1S/C21H21BrN2O/c22-16-8-6-14(7-9-16)18-13-19(23-11-2-5-20(23)25)17-4-1-3-15-10-12-24(18)21(15)17/h1,3-4,6-9,18-19H,2,5,10-13H2. The fourth-order valence-corrected chi connectivity index (χ4v) is 5.12. The molecule has 3 aliphatic rings. The van der Waals surface area contributed by atoms with E-state index in [1.807, 2.05) is 0 Å². The van der Waals surface area contributed by atoms with Gasteiger partial charge in [-0.2, -0.15) is 0 Å². The molecule has 5 rings (SSSR count). The molecule has 0 aliphatic carbocycles. The fraction of sp³-hybridized carbons (Fsp3) is 0.381. The molecular weight excluding hydrogens is 376 g/mol. The van der Waals surface area contributed by atoms with Gasteiger partial charge < -0.3 is 9.80 Å². The van der Waals surface area contributed by atoms with Crippen LogP contribution >= 0.6 is 15.9 Å². The highest BCUT2D eigenvalue weighted by Crippen LogP contribution is 2.50. The van der Waals surface area contributed by atoms with Crippen LogP contribution in [0.3, 0.4) is 0 Å². The second-order valence-corrected chi connectivity index (χ2v) is 8.22. The molecule has 0 bridgehead atoms. The van der Waals surface area contributed by atoms with Crippen LogP contribution in [-0.2, 0) is 11.2 Å². The van der Waals surface area contributed by atoms with Crippen LogP contribution in [0.2, 0.25) is 0 Å². The van der Waals surface area contributed by atoms with Gasteiger partial charge in [0.25, 0.3) is 0 Å². The number of para-hydroxylation sites is 1. The third kappa shape index (κ3) is 2.42. The summed E-state index contributed by atoms with van der Waals surface area (Å²) in [4.78, 5) is 17.2. The quantitative estimate of drug-likeness (QED) is 0.739. The maximum Gasteiger partial charge on any atom is 0.223 e. The van der Waals surface area contributed by atoms with Crippen molar-refractivity contribution >= 4 is 27.5 Å². The lowest BCUT2D eigenvalue weighted by molar-refractivity contribution is -0.130. The molecular formula is C21H21BrN2O. The van der Waals surface area contributed by atoms with Crippen LogP contribution < -0.4 is 4.90 Å². The van der Waals surface area contributed by atoms with Gasteiger partial charge in [0.15, 0.2) is 0 Å². The van der Waals surface area contributed by atoms with E-state index in [1.165, 1.54) is 22.4 Å². The molecule has 128 valence electrons. The molecule has 2 aromatic rings. The van der Waals surface area contributed by atoms with Gasteiger partial charge in [-0.3, -0.25) is 4.79 Å². The summed E-state index contributed by atoms with van der Waals surface area (Å²) in [6.45, 7) is 1.98. The minimum atomic E-state index is 0.216. The monoisotopic (exact) mass is 396 g/mol. The van der Waals surface area contributed by atoms with E-state index in [2.05, 4.69) is 68.2 Å². The van der Waals surface area contributed by atoms with Gasteiger partial charge in [0.05, 0.1) is 12.1 Å². The summed E-state index contributed by atoms with van der Waals surface area (Å²) in [5.74, 6) is 0.323. The normalized spacial score (nSPS) is 24.8. The van der Waals surface area contributed by atoms with Crippen LogP contribution in [0.5, 0.6) is 0 Å². The van der Waals surface area contributed by atoms with Crippen LogP contribution in [0.25, 0.3) is 0 Å². The number of benzene rings is 2. The Labute approximate surface area is 156 Å². The van der Waals surface area contributed by atoms with E-state index in [0.29, 0.717) is 18.4 Å². The molecule has 1 fully saturated rings. The maximum atomic E-state index is 12.5. The van der Waals surface area contributed by atoms with Gasteiger partial charge in [0, 0.05) is 29.7 Å². The molecule has 3 nitrogen and oxygen atoms in total. The van der Waals surface area contributed by atoms with Crippen molar-refractivity contribution in [3.63, 3.8) is 0 Å². The molecule has 0 saturated carbocycles. The van der Waals surface area contributed by atoms with E-state index in [-0.39, 0.29) is 6.04 Å². The zero-order chi connectivity index (χ0) is 17.0. The largest absolute Gasteiger partial charge is 0.364 e. The Bertz CT molecular complexity index is 832. The number of nitrogens with zero attached hydrogens (tertiary/aromatic N) is 2. The van der Waals surface area contributed by atoms with Gasteiger partial charge in [-0.1, -0.05) is 46.3 Å². The lowest BCUT2D eigenvalue weighted by atomic mass is 9.87. The number of amides is 1. The Hall–Kier alpha value is -1.81. The van der Waals surface area contributed by atoms with Gasteiger partial charge in [-0.25, -0.2) is 0 Å². The third-order valence-electron chi connectivity index (χ3n) is 5.98. The Morgan fingerprint density at radius 3 is 2.52 bits per heavy atom. The van der Waals surface area contributed by atoms with E-state index in [9.17, 15) is 4.79 Å². The van der Waals surface area contributed by atoms with E-state index in [0.717, 1.165) is 36.8 Å². The van der Waals surface area contributed by atoms with Crippen molar-refractivity contribution in [2.24, 2.45) is 0 Å². The summed E-state index contributed by atoms with van der Waals surface area (Å²) in [6.07, 6.45) is 3.80. The summed E-state index contributed by atoms with van der Waals surface area (Å²) < 4.78 is 1.11. The van der Waals surface area contributed by atoms with Gasteiger partial charge in [-0.15, -0.1) is 0 Å². The van der Waals surface area contributed by atoms with Crippen LogP contribution in [0.4, 0.5) is 5.69 Å². The van der Waals surface area contributed by atoms with Crippen molar-refractivity contribution in [3.8, 4) is 0 Å². The lowest BCUT2D eigenvalue weighted by Gasteiger charge is -2.43. The Morgan fingerprint density at radius 1 is 0.920 bits per heavy atom. The van der Waals surface area contributed by atoms with E-state index < -0.39 is 0 Å². The molecule has 1 amide bonds. The number of carbonyl (C=O) groups excluding carboxylic acids is 1. The Morgan fingerprint density at radius 2 is 1.76 bits per heavy atom. The molecule has 3 heterocycles. The zero-order valence-corrected chi connectivity index (χ0v) is 15.7. The summed E-state index contributed by atoms with van der Waals surface area (Å²) in [7, 11) is 0. The average Bonchev–Trinajstić information content (AvgIpc) is 3.24. The molecule has 2 aromatic carbocycles. The second kappa shape index (κ2) is 5.87. The lowest BCUT2D eigenvalue weighted by Crippen LogP contribution is -2.39. The third-order valence-corrected chi connectivity index (χ3v) is 6.51. The second-order valence-electron chi connectivity index (χ2n) is 7.31. The molecule has 3 aliphatic heterocycles. The van der Waals surface area contributed by atoms with Crippen molar-refractivity contribution < 1.29 is 4.79 Å². The number of halogens is 1.